The van der Waals surface area contributed by atoms with E-state index >= 15 is 0 Å². The van der Waals surface area contributed by atoms with Crippen molar-refractivity contribution in [1.29, 1.82) is 0 Å². The van der Waals surface area contributed by atoms with Crippen molar-refractivity contribution in [3.05, 3.63) is 34.9 Å². The van der Waals surface area contributed by atoms with Crippen LogP contribution >= 0.6 is 0 Å². The number of benzene rings is 1. The Hall–Kier alpha value is -1.29. The van der Waals surface area contributed by atoms with E-state index in [1.54, 1.807) is 0 Å². The lowest BCUT2D eigenvalue weighted by Crippen LogP contribution is -2.36. The topological polar surface area (TPSA) is 26.3 Å². The van der Waals surface area contributed by atoms with Gasteiger partial charge in [0.15, 0.2) is 17.4 Å². The van der Waals surface area contributed by atoms with Crippen molar-refractivity contribution in [2.24, 2.45) is 17.8 Å². The molecule has 1 saturated heterocycles. The Labute approximate surface area is 142 Å². The monoisotopic (exact) mass is 336 g/mol. The molecule has 2 fully saturated rings. The second-order valence-electron chi connectivity index (χ2n) is 7.59. The maximum Gasteiger partial charge on any atom is 0.171 e. The first kappa shape index (κ1) is 17.5. The molecular weight excluding hydrogens is 310 g/mol. The number of hydrogen-bond donors (Lipinski definition) is 0. The van der Waals surface area contributed by atoms with Gasteiger partial charge in [0, 0.05) is 5.92 Å². The molecule has 2 atom stereocenters. The van der Waals surface area contributed by atoms with Crippen molar-refractivity contribution in [1.82, 2.24) is 0 Å². The predicted octanol–water partition coefficient (Wildman–Crippen LogP) is 5.08. The predicted molar refractivity (Wildman–Crippen MR) is 89.0 cm³/mol. The normalized spacial score (nSPS) is 31.0. The number of halogens is 2. The smallest absolute Gasteiger partial charge is 0.171 e. The van der Waals surface area contributed by atoms with E-state index in [0.29, 0.717) is 18.9 Å². The average Bonchev–Trinajstić information content (AvgIpc) is 2.60. The first-order valence-corrected chi connectivity index (χ1v) is 9.07. The van der Waals surface area contributed by atoms with Crippen LogP contribution < -0.4 is 0 Å². The molecule has 0 radical (unpaired) electrons. The molecule has 0 amide bonds. The zero-order chi connectivity index (χ0) is 17.3. The van der Waals surface area contributed by atoms with Crippen LogP contribution in [0.4, 0.5) is 8.78 Å². The minimum absolute atomic E-state index is 0.142. The molecule has 0 aromatic heterocycles. The number of aryl methyl sites for hydroxylation is 1. The summed E-state index contributed by atoms with van der Waals surface area (Å²) in [6, 6.07) is 2.85. The van der Waals surface area contributed by atoms with Gasteiger partial charge in [-0.1, -0.05) is 25.8 Å². The number of carbonyl (C=O) groups excluding carboxylic acids is 1. The maximum absolute atomic E-state index is 14.0. The highest BCUT2D eigenvalue weighted by molar-refractivity contribution is 5.98. The van der Waals surface area contributed by atoms with E-state index in [9.17, 15) is 13.6 Å². The van der Waals surface area contributed by atoms with E-state index in [0.717, 1.165) is 12.3 Å². The van der Waals surface area contributed by atoms with Crippen LogP contribution in [0.1, 0.15) is 61.4 Å². The molecule has 4 heteroatoms. The van der Waals surface area contributed by atoms with Crippen LogP contribution in [0.2, 0.25) is 0 Å². The van der Waals surface area contributed by atoms with Gasteiger partial charge in [-0.05, 0) is 56.1 Å². The van der Waals surface area contributed by atoms with E-state index in [1.807, 2.05) is 0 Å². The van der Waals surface area contributed by atoms with Crippen molar-refractivity contribution in [2.75, 3.05) is 6.61 Å². The van der Waals surface area contributed by atoms with Crippen LogP contribution in [0.15, 0.2) is 12.1 Å². The van der Waals surface area contributed by atoms with Gasteiger partial charge in [-0.25, -0.2) is 8.78 Å². The standard InChI is InChI=1S/C20H26F2O2/c1-12-3-6-14(7-4-12)17-10-8-15(11-24-17)20(23)16-9-5-13(2)18(21)19(16)22/h5,9,12,14-15,17H,3-4,6-8,10-11H2,1-2H3/t12?,14?,15-,17?/m1/s1. The Kier molecular flexibility index (Phi) is 5.33. The van der Waals surface area contributed by atoms with Crippen molar-refractivity contribution < 1.29 is 18.3 Å². The molecule has 3 rings (SSSR count). The van der Waals surface area contributed by atoms with Crippen LogP contribution in [0.3, 0.4) is 0 Å². The molecule has 1 saturated carbocycles. The molecule has 1 aliphatic carbocycles. The summed E-state index contributed by atoms with van der Waals surface area (Å²) in [6.45, 7) is 4.11. The number of hydrogen-bond acceptors (Lipinski definition) is 2. The molecule has 0 N–H and O–H groups in total. The summed E-state index contributed by atoms with van der Waals surface area (Å²) >= 11 is 0. The molecule has 1 aliphatic heterocycles. The van der Waals surface area contributed by atoms with E-state index < -0.39 is 11.6 Å². The second kappa shape index (κ2) is 7.30. The number of carbonyl (C=O) groups is 1. The molecule has 132 valence electrons. The third-order valence-electron chi connectivity index (χ3n) is 5.81. The van der Waals surface area contributed by atoms with Gasteiger partial charge in [0.05, 0.1) is 18.3 Å². The zero-order valence-electron chi connectivity index (χ0n) is 14.5. The molecule has 1 heterocycles. The molecule has 2 aliphatic rings. The van der Waals surface area contributed by atoms with Gasteiger partial charge in [0.1, 0.15) is 0 Å². The molecule has 1 unspecified atom stereocenters. The van der Waals surface area contributed by atoms with Crippen molar-refractivity contribution in [2.45, 2.75) is 58.5 Å². The maximum atomic E-state index is 14.0. The van der Waals surface area contributed by atoms with Crippen LogP contribution in [-0.4, -0.2) is 18.5 Å². The number of Topliss-reactive ketones (excluding diaryl/α,β-unsaturated/α-hetero) is 1. The largest absolute Gasteiger partial charge is 0.377 e. The van der Waals surface area contributed by atoms with Crippen LogP contribution in [0.5, 0.6) is 0 Å². The van der Waals surface area contributed by atoms with Crippen LogP contribution in [-0.2, 0) is 4.74 Å². The average molecular weight is 336 g/mol. The van der Waals surface area contributed by atoms with Crippen LogP contribution in [0.25, 0.3) is 0 Å². The molecule has 2 nitrogen and oxygen atoms in total. The Balaban J connectivity index is 1.60. The van der Waals surface area contributed by atoms with Gasteiger partial charge >= 0.3 is 0 Å². The molecule has 1 aromatic carbocycles. The van der Waals surface area contributed by atoms with Gasteiger partial charge in [0.2, 0.25) is 0 Å². The van der Waals surface area contributed by atoms with E-state index in [1.165, 1.54) is 44.7 Å². The summed E-state index contributed by atoms with van der Waals surface area (Å²) in [7, 11) is 0. The summed E-state index contributed by atoms with van der Waals surface area (Å²) < 4.78 is 33.7. The summed E-state index contributed by atoms with van der Waals surface area (Å²) in [6.07, 6.45) is 6.66. The van der Waals surface area contributed by atoms with Crippen LogP contribution in [0, 0.1) is 36.3 Å². The molecule has 24 heavy (non-hydrogen) atoms. The van der Waals surface area contributed by atoms with Gasteiger partial charge in [-0.3, -0.25) is 4.79 Å². The Morgan fingerprint density at radius 2 is 1.75 bits per heavy atom. The summed E-state index contributed by atoms with van der Waals surface area (Å²) in [5, 5.41) is 0. The Morgan fingerprint density at radius 1 is 1.04 bits per heavy atom. The fourth-order valence-electron chi connectivity index (χ4n) is 4.06. The third kappa shape index (κ3) is 3.53. The Bertz CT molecular complexity index is 598. The highest BCUT2D eigenvalue weighted by Crippen LogP contribution is 2.36. The van der Waals surface area contributed by atoms with E-state index in [4.69, 9.17) is 4.74 Å². The SMILES string of the molecule is Cc1ccc(C(=O)[C@@H]2CCC(C3CCC(C)CC3)OC2)c(F)c1F. The summed E-state index contributed by atoms with van der Waals surface area (Å²) in [5.41, 5.74) is 0.0761. The van der Waals surface area contributed by atoms with E-state index in [2.05, 4.69) is 6.92 Å². The number of rotatable bonds is 3. The first-order valence-electron chi connectivity index (χ1n) is 9.07. The van der Waals surface area contributed by atoms with Crippen molar-refractivity contribution >= 4 is 5.78 Å². The lowest BCUT2D eigenvalue weighted by atomic mass is 9.77. The minimum atomic E-state index is -1.02. The van der Waals surface area contributed by atoms with E-state index in [-0.39, 0.29) is 28.9 Å². The molecular formula is C20H26F2O2. The fourth-order valence-corrected chi connectivity index (χ4v) is 4.06. The molecule has 1 aromatic rings. The van der Waals surface area contributed by atoms with Gasteiger partial charge in [0.25, 0.3) is 0 Å². The van der Waals surface area contributed by atoms with Gasteiger partial charge in [-0.15, -0.1) is 0 Å². The van der Waals surface area contributed by atoms with Crippen molar-refractivity contribution in [3.8, 4) is 0 Å². The lowest BCUT2D eigenvalue weighted by molar-refractivity contribution is -0.0511. The highest BCUT2D eigenvalue weighted by Gasteiger charge is 2.34. The Morgan fingerprint density at radius 3 is 2.38 bits per heavy atom. The molecule has 0 bridgehead atoms. The quantitative estimate of drug-likeness (QED) is 0.720. The number of ether oxygens (including phenoxy) is 1. The zero-order valence-corrected chi connectivity index (χ0v) is 14.5. The second-order valence-corrected chi connectivity index (χ2v) is 7.59. The third-order valence-corrected chi connectivity index (χ3v) is 5.81. The lowest BCUT2D eigenvalue weighted by Gasteiger charge is -2.36. The minimum Gasteiger partial charge on any atom is -0.377 e. The summed E-state index contributed by atoms with van der Waals surface area (Å²) in [5.74, 6) is -1.25. The first-order chi connectivity index (χ1) is 11.5. The summed E-state index contributed by atoms with van der Waals surface area (Å²) in [4.78, 5) is 12.5. The molecule has 0 spiro atoms. The highest BCUT2D eigenvalue weighted by atomic mass is 19.2. The number of ketones is 1. The fraction of sp³-hybridized carbons (Fsp3) is 0.650. The van der Waals surface area contributed by atoms with Gasteiger partial charge < -0.3 is 4.74 Å². The van der Waals surface area contributed by atoms with Gasteiger partial charge in [-0.2, -0.15) is 0 Å². The van der Waals surface area contributed by atoms with Crippen molar-refractivity contribution in [3.63, 3.8) is 0 Å².